The summed E-state index contributed by atoms with van der Waals surface area (Å²) in [6.45, 7) is 3.69. The van der Waals surface area contributed by atoms with Crippen molar-refractivity contribution in [2.45, 2.75) is 32.4 Å². The van der Waals surface area contributed by atoms with Gasteiger partial charge in [0.1, 0.15) is 5.69 Å². The van der Waals surface area contributed by atoms with Crippen LogP contribution in [0.2, 0.25) is 0 Å². The van der Waals surface area contributed by atoms with Crippen LogP contribution in [0.4, 0.5) is 0 Å². The van der Waals surface area contributed by atoms with Gasteiger partial charge in [-0.25, -0.2) is 4.68 Å². The Hall–Kier alpha value is -2.47. The number of hydrogen-bond donors (Lipinski definition) is 1. The topological polar surface area (TPSA) is 81.2 Å². The largest absolute Gasteiger partial charge is 0.337 e. The number of carbonyl (C=O) groups excluding carboxylic acids is 1. The van der Waals surface area contributed by atoms with E-state index in [0.29, 0.717) is 31.2 Å². The van der Waals surface area contributed by atoms with Gasteiger partial charge in [0, 0.05) is 25.2 Å². The summed E-state index contributed by atoms with van der Waals surface area (Å²) >= 11 is 0. The van der Waals surface area contributed by atoms with E-state index in [1.807, 2.05) is 37.3 Å². The summed E-state index contributed by atoms with van der Waals surface area (Å²) in [6, 6.07) is 12.6. The van der Waals surface area contributed by atoms with Crippen molar-refractivity contribution < 1.29 is 4.79 Å². The first-order chi connectivity index (χ1) is 12.0. The van der Waals surface area contributed by atoms with Crippen LogP contribution in [0.15, 0.2) is 47.3 Å². The number of likely N-dealkylation sites (tertiary alicyclic amines) is 1. The molecule has 0 saturated carbocycles. The molecule has 6 nitrogen and oxygen atoms in total. The molecular formula is C19H24N4O2. The van der Waals surface area contributed by atoms with Gasteiger partial charge in [-0.3, -0.25) is 9.59 Å². The zero-order valence-electron chi connectivity index (χ0n) is 14.5. The summed E-state index contributed by atoms with van der Waals surface area (Å²) in [7, 11) is 0. The Morgan fingerprint density at radius 1 is 1.28 bits per heavy atom. The Labute approximate surface area is 147 Å². The Kier molecular flexibility index (Phi) is 5.28. The minimum absolute atomic E-state index is 0.0654. The van der Waals surface area contributed by atoms with Crippen LogP contribution in [0.25, 0.3) is 0 Å². The molecule has 1 saturated heterocycles. The first-order valence-electron chi connectivity index (χ1n) is 8.71. The smallest absolute Gasteiger partial charge is 0.274 e. The molecular weight excluding hydrogens is 316 g/mol. The molecule has 1 amide bonds. The second kappa shape index (κ2) is 7.61. The first kappa shape index (κ1) is 17.4. The van der Waals surface area contributed by atoms with Crippen LogP contribution in [0, 0.1) is 5.92 Å². The van der Waals surface area contributed by atoms with E-state index < -0.39 is 0 Å². The van der Waals surface area contributed by atoms with E-state index in [1.54, 1.807) is 4.90 Å². The number of carbonyl (C=O) groups is 1. The minimum atomic E-state index is -0.215. The summed E-state index contributed by atoms with van der Waals surface area (Å²) in [5.41, 5.74) is 7.06. The van der Waals surface area contributed by atoms with Crippen molar-refractivity contribution in [3.63, 3.8) is 0 Å². The molecule has 1 fully saturated rings. The number of benzene rings is 1. The van der Waals surface area contributed by atoms with Gasteiger partial charge in [-0.15, -0.1) is 0 Å². The van der Waals surface area contributed by atoms with Gasteiger partial charge in [-0.2, -0.15) is 5.10 Å². The molecule has 25 heavy (non-hydrogen) atoms. The van der Waals surface area contributed by atoms with Crippen molar-refractivity contribution in [3.05, 3.63) is 64.1 Å². The molecule has 6 heteroatoms. The molecule has 0 aliphatic carbocycles. The maximum atomic E-state index is 12.8. The van der Waals surface area contributed by atoms with Crippen molar-refractivity contribution in [1.29, 1.82) is 0 Å². The van der Waals surface area contributed by atoms with E-state index >= 15 is 0 Å². The standard InChI is InChI=1S/C19H24N4O2/c1-14(20)16-8-5-11-22(13-16)19(25)17-9-10-18(24)23(21-17)12-15-6-3-2-4-7-15/h2-4,6-7,9-10,14,16H,5,8,11-13,20H2,1H3. The molecule has 0 radical (unpaired) electrons. The minimum Gasteiger partial charge on any atom is -0.337 e. The Bertz CT molecular complexity index is 786. The van der Waals surface area contributed by atoms with Gasteiger partial charge in [-0.05, 0) is 37.3 Å². The summed E-state index contributed by atoms with van der Waals surface area (Å²) in [5, 5.41) is 4.29. The lowest BCUT2D eigenvalue weighted by atomic mass is 9.92. The molecule has 3 rings (SSSR count). The third-order valence-electron chi connectivity index (χ3n) is 4.75. The van der Waals surface area contributed by atoms with Crippen molar-refractivity contribution >= 4 is 5.91 Å². The third kappa shape index (κ3) is 4.14. The molecule has 2 unspecified atom stereocenters. The molecule has 2 heterocycles. The lowest BCUT2D eigenvalue weighted by Gasteiger charge is -2.34. The molecule has 132 valence electrons. The highest BCUT2D eigenvalue weighted by Crippen LogP contribution is 2.20. The fraction of sp³-hybridized carbons (Fsp3) is 0.421. The average molecular weight is 340 g/mol. The molecule has 0 bridgehead atoms. The number of piperidine rings is 1. The van der Waals surface area contributed by atoms with Gasteiger partial charge in [-0.1, -0.05) is 30.3 Å². The van der Waals surface area contributed by atoms with E-state index in [2.05, 4.69) is 5.10 Å². The zero-order valence-corrected chi connectivity index (χ0v) is 14.5. The van der Waals surface area contributed by atoms with Gasteiger partial charge in [0.15, 0.2) is 0 Å². The highest BCUT2D eigenvalue weighted by atomic mass is 16.2. The number of aromatic nitrogens is 2. The number of hydrogen-bond acceptors (Lipinski definition) is 4. The fourth-order valence-corrected chi connectivity index (χ4v) is 3.22. The third-order valence-corrected chi connectivity index (χ3v) is 4.75. The van der Waals surface area contributed by atoms with Crippen molar-refractivity contribution in [2.75, 3.05) is 13.1 Å². The normalized spacial score (nSPS) is 18.8. The van der Waals surface area contributed by atoms with Gasteiger partial charge in [0.05, 0.1) is 6.54 Å². The van der Waals surface area contributed by atoms with Gasteiger partial charge in [0.2, 0.25) is 0 Å². The van der Waals surface area contributed by atoms with Crippen LogP contribution < -0.4 is 11.3 Å². The van der Waals surface area contributed by atoms with Gasteiger partial charge >= 0.3 is 0 Å². The summed E-state index contributed by atoms with van der Waals surface area (Å²) in [4.78, 5) is 26.7. The van der Waals surface area contributed by atoms with Crippen LogP contribution in [-0.2, 0) is 6.54 Å². The van der Waals surface area contributed by atoms with Gasteiger partial charge in [0.25, 0.3) is 11.5 Å². The molecule has 1 aliphatic rings. The van der Waals surface area contributed by atoms with E-state index in [-0.39, 0.29) is 17.5 Å². The van der Waals surface area contributed by atoms with E-state index in [9.17, 15) is 9.59 Å². The highest BCUT2D eigenvalue weighted by molar-refractivity contribution is 5.92. The Morgan fingerprint density at radius 3 is 2.76 bits per heavy atom. The first-order valence-corrected chi connectivity index (χ1v) is 8.71. The van der Waals surface area contributed by atoms with Crippen LogP contribution in [-0.4, -0.2) is 39.7 Å². The number of amides is 1. The van der Waals surface area contributed by atoms with Gasteiger partial charge < -0.3 is 10.6 Å². The van der Waals surface area contributed by atoms with Crippen molar-refractivity contribution in [1.82, 2.24) is 14.7 Å². The quantitative estimate of drug-likeness (QED) is 0.914. The second-order valence-electron chi connectivity index (χ2n) is 6.71. The van der Waals surface area contributed by atoms with Crippen LogP contribution in [0.1, 0.15) is 35.8 Å². The SMILES string of the molecule is CC(N)C1CCCN(C(=O)c2ccc(=O)n(Cc3ccccc3)n2)C1. The summed E-state index contributed by atoms with van der Waals surface area (Å²) in [6.07, 6.45) is 1.99. The van der Waals surface area contributed by atoms with Crippen LogP contribution in [0.3, 0.4) is 0 Å². The fourth-order valence-electron chi connectivity index (χ4n) is 3.22. The molecule has 2 N–H and O–H groups in total. The lowest BCUT2D eigenvalue weighted by Crippen LogP contribution is -2.45. The number of nitrogens with two attached hydrogens (primary N) is 1. The monoisotopic (exact) mass is 340 g/mol. The molecule has 2 atom stereocenters. The second-order valence-corrected chi connectivity index (χ2v) is 6.71. The van der Waals surface area contributed by atoms with Crippen molar-refractivity contribution in [3.8, 4) is 0 Å². The summed E-state index contributed by atoms with van der Waals surface area (Å²) < 4.78 is 1.34. The zero-order chi connectivity index (χ0) is 17.8. The van der Waals surface area contributed by atoms with Crippen LogP contribution >= 0.6 is 0 Å². The predicted molar refractivity (Wildman–Crippen MR) is 96.3 cm³/mol. The Morgan fingerprint density at radius 2 is 2.04 bits per heavy atom. The number of nitrogens with zero attached hydrogens (tertiary/aromatic N) is 3. The molecule has 1 aromatic heterocycles. The highest BCUT2D eigenvalue weighted by Gasteiger charge is 2.27. The van der Waals surface area contributed by atoms with Crippen LogP contribution in [0.5, 0.6) is 0 Å². The van der Waals surface area contributed by atoms with Crippen molar-refractivity contribution in [2.24, 2.45) is 11.7 Å². The van der Waals surface area contributed by atoms with E-state index in [0.717, 1.165) is 18.4 Å². The average Bonchev–Trinajstić information content (AvgIpc) is 2.64. The molecule has 2 aromatic rings. The molecule has 1 aliphatic heterocycles. The lowest BCUT2D eigenvalue weighted by molar-refractivity contribution is 0.0652. The maximum absolute atomic E-state index is 12.8. The molecule has 0 spiro atoms. The summed E-state index contributed by atoms with van der Waals surface area (Å²) in [5.74, 6) is 0.181. The maximum Gasteiger partial charge on any atom is 0.274 e. The van der Waals surface area contributed by atoms with E-state index in [1.165, 1.54) is 16.8 Å². The predicted octanol–water partition coefficient (Wildman–Crippen LogP) is 1.49. The van der Waals surface area contributed by atoms with E-state index in [4.69, 9.17) is 5.73 Å². The Balaban J connectivity index is 1.79. The molecule has 1 aromatic carbocycles. The number of rotatable bonds is 4.